The average Bonchev–Trinajstić information content (AvgIpc) is 3.62. The first kappa shape index (κ1) is 34.3. The van der Waals surface area contributed by atoms with Gasteiger partial charge in [0.15, 0.2) is 46.8 Å². The number of rotatable bonds is 2. The Bertz CT molecular complexity index is 1910. The van der Waals surface area contributed by atoms with Crippen molar-refractivity contribution in [3.8, 4) is 23.0 Å². The standard InChI is InChI=1S/2C18H19NO4.H2O4S/c2*1-19-8-7-17-14-10-3-4-12(22-2)15(14)23-16(17)11(20)5-6-18(17,21)13(19)9-10;1-5(2,3)4/h2*3-6,13,16,21H,7-9H2,1-2H3;(H2,1,2,3,4)/t2*13-,16?,17+,18-;/m11./s1. The van der Waals surface area contributed by atoms with Crippen molar-refractivity contribution in [3.63, 3.8) is 0 Å². The Hall–Kier alpha value is -3.83. The fourth-order valence-electron chi connectivity index (χ4n) is 10.6. The molecule has 8 aliphatic rings. The van der Waals surface area contributed by atoms with Gasteiger partial charge in [-0.25, -0.2) is 0 Å². The van der Waals surface area contributed by atoms with Crippen LogP contribution in [0.4, 0.5) is 0 Å². The Morgan fingerprint density at radius 3 is 1.45 bits per heavy atom. The fourth-order valence-corrected chi connectivity index (χ4v) is 10.6. The topological polar surface area (TPSA) is 193 Å². The highest BCUT2D eigenvalue weighted by atomic mass is 32.3. The monoisotopic (exact) mass is 724 g/mol. The highest BCUT2D eigenvalue weighted by molar-refractivity contribution is 7.79. The lowest BCUT2D eigenvalue weighted by molar-refractivity contribution is -0.151. The van der Waals surface area contributed by atoms with Crippen LogP contribution in [0.15, 0.2) is 48.6 Å². The Balaban J connectivity index is 0.000000130. The minimum Gasteiger partial charge on any atom is -0.493 e. The molecule has 51 heavy (non-hydrogen) atoms. The number of likely N-dealkylation sites (tertiary alicyclic amines) is 2. The third-order valence-electron chi connectivity index (χ3n) is 12.7. The normalized spacial score (nSPS) is 37.1. The van der Waals surface area contributed by atoms with Crippen molar-refractivity contribution < 1.29 is 56.3 Å². The van der Waals surface area contributed by atoms with Crippen LogP contribution >= 0.6 is 0 Å². The zero-order chi connectivity index (χ0) is 36.5. The highest BCUT2D eigenvalue weighted by Crippen LogP contribution is 2.65. The molecule has 0 radical (unpaired) electrons. The number of piperidine rings is 2. The first-order valence-corrected chi connectivity index (χ1v) is 18.2. The van der Waals surface area contributed by atoms with E-state index in [0.29, 0.717) is 35.8 Å². The van der Waals surface area contributed by atoms with Gasteiger partial charge in [-0.3, -0.25) is 28.5 Å². The molecule has 10 rings (SSSR count). The molecule has 8 atom stereocenters. The molecule has 2 unspecified atom stereocenters. The molecule has 4 N–H and O–H groups in total. The van der Waals surface area contributed by atoms with Gasteiger partial charge < -0.3 is 29.2 Å². The molecule has 2 spiro atoms. The second-order valence-corrected chi connectivity index (χ2v) is 15.6. The second-order valence-electron chi connectivity index (χ2n) is 14.7. The predicted molar refractivity (Wildman–Crippen MR) is 180 cm³/mol. The molecule has 4 aliphatic carbocycles. The largest absolute Gasteiger partial charge is 0.493 e. The van der Waals surface area contributed by atoms with Crippen molar-refractivity contribution in [2.75, 3.05) is 41.4 Å². The predicted octanol–water partition coefficient (Wildman–Crippen LogP) is 0.996. The number of ether oxygens (including phenoxy) is 4. The number of likely N-dealkylation sites (N-methyl/N-ethyl adjacent to an activating group) is 2. The molecular weight excluding hydrogens is 684 g/mol. The summed E-state index contributed by atoms with van der Waals surface area (Å²) < 4.78 is 54.7. The van der Waals surface area contributed by atoms with E-state index in [1.807, 2.05) is 26.2 Å². The molecule has 4 bridgehead atoms. The maximum atomic E-state index is 12.6. The second kappa shape index (κ2) is 11.1. The summed E-state index contributed by atoms with van der Waals surface area (Å²) in [6.07, 6.45) is 8.01. The number of benzene rings is 2. The van der Waals surface area contributed by atoms with Crippen molar-refractivity contribution in [1.82, 2.24) is 9.80 Å². The van der Waals surface area contributed by atoms with E-state index in [9.17, 15) is 19.8 Å². The lowest BCUT2D eigenvalue weighted by atomic mass is 9.51. The Kier molecular flexibility index (Phi) is 7.45. The van der Waals surface area contributed by atoms with Gasteiger partial charge >= 0.3 is 10.4 Å². The van der Waals surface area contributed by atoms with Crippen LogP contribution in [0.2, 0.25) is 0 Å². The first-order chi connectivity index (χ1) is 24.1. The summed E-state index contributed by atoms with van der Waals surface area (Å²) in [6, 6.07) is 7.83. The van der Waals surface area contributed by atoms with Crippen molar-refractivity contribution in [1.29, 1.82) is 0 Å². The maximum Gasteiger partial charge on any atom is 0.394 e. The van der Waals surface area contributed by atoms with Gasteiger partial charge in [0.05, 0.1) is 25.0 Å². The molecule has 15 heteroatoms. The van der Waals surface area contributed by atoms with Crippen molar-refractivity contribution in [2.45, 2.75) is 72.0 Å². The fraction of sp³-hybridized carbons (Fsp3) is 0.500. The van der Waals surface area contributed by atoms with Crippen LogP contribution in [0.1, 0.15) is 35.1 Å². The molecule has 4 aliphatic heterocycles. The van der Waals surface area contributed by atoms with E-state index >= 15 is 0 Å². The van der Waals surface area contributed by atoms with E-state index in [-0.39, 0.29) is 23.7 Å². The summed E-state index contributed by atoms with van der Waals surface area (Å²) in [5.74, 6) is 2.44. The smallest absolute Gasteiger partial charge is 0.394 e. The van der Waals surface area contributed by atoms with E-state index in [1.165, 1.54) is 12.2 Å². The summed E-state index contributed by atoms with van der Waals surface area (Å²) >= 11 is 0. The third-order valence-corrected chi connectivity index (χ3v) is 12.7. The molecule has 0 aromatic heterocycles. The Morgan fingerprint density at radius 2 is 1.10 bits per heavy atom. The number of carbonyl (C=O) groups is 2. The van der Waals surface area contributed by atoms with Crippen LogP contribution in [0, 0.1) is 0 Å². The zero-order valence-corrected chi connectivity index (χ0v) is 29.3. The Morgan fingerprint density at radius 1 is 0.725 bits per heavy atom. The molecular formula is C36H40N2O12S. The van der Waals surface area contributed by atoms with Crippen LogP contribution in [-0.2, 0) is 43.7 Å². The lowest BCUT2D eigenvalue weighted by Gasteiger charge is -2.60. The van der Waals surface area contributed by atoms with Crippen molar-refractivity contribution >= 4 is 22.0 Å². The summed E-state index contributed by atoms with van der Waals surface area (Å²) in [5.41, 5.74) is 0.769. The van der Waals surface area contributed by atoms with E-state index in [4.69, 9.17) is 36.5 Å². The van der Waals surface area contributed by atoms with Gasteiger partial charge in [0.25, 0.3) is 0 Å². The summed E-state index contributed by atoms with van der Waals surface area (Å²) in [5, 5.41) is 23.3. The Labute approximate surface area is 294 Å². The number of carbonyl (C=O) groups excluding carboxylic acids is 2. The van der Waals surface area contributed by atoms with Crippen molar-refractivity contribution in [2.24, 2.45) is 0 Å². The van der Waals surface area contributed by atoms with Gasteiger partial charge in [-0.15, -0.1) is 0 Å². The lowest BCUT2D eigenvalue weighted by Crippen LogP contribution is -2.74. The van der Waals surface area contributed by atoms with E-state index < -0.39 is 44.6 Å². The molecule has 272 valence electrons. The number of aliphatic hydroxyl groups is 2. The number of methoxy groups -OCH3 is 2. The molecule has 14 nitrogen and oxygen atoms in total. The maximum absolute atomic E-state index is 12.6. The molecule has 4 heterocycles. The van der Waals surface area contributed by atoms with Gasteiger partial charge in [0.2, 0.25) is 0 Å². The van der Waals surface area contributed by atoms with E-state index in [2.05, 4.69) is 21.9 Å². The van der Waals surface area contributed by atoms with Crippen molar-refractivity contribution in [3.05, 3.63) is 70.8 Å². The van der Waals surface area contributed by atoms with Crippen LogP contribution in [-0.4, -0.2) is 126 Å². The van der Waals surface area contributed by atoms with Gasteiger partial charge in [-0.05, 0) is 100 Å². The molecule has 0 saturated carbocycles. The minimum absolute atomic E-state index is 0.0430. The molecule has 2 fully saturated rings. The first-order valence-electron chi connectivity index (χ1n) is 16.8. The number of ketones is 2. The molecule has 2 saturated heterocycles. The minimum atomic E-state index is -4.67. The number of nitrogens with zero attached hydrogens (tertiary/aromatic N) is 2. The molecule has 2 aromatic carbocycles. The van der Waals surface area contributed by atoms with Crippen LogP contribution in [0.3, 0.4) is 0 Å². The van der Waals surface area contributed by atoms with E-state index in [0.717, 1.165) is 48.2 Å². The van der Waals surface area contributed by atoms with Gasteiger partial charge in [0.1, 0.15) is 11.2 Å². The summed E-state index contributed by atoms with van der Waals surface area (Å²) in [6.45, 7) is 1.67. The molecule has 0 amide bonds. The third kappa shape index (κ3) is 4.33. The van der Waals surface area contributed by atoms with E-state index in [1.54, 1.807) is 26.4 Å². The van der Waals surface area contributed by atoms with Crippen LogP contribution in [0.25, 0.3) is 0 Å². The number of hydrogen-bond acceptors (Lipinski definition) is 12. The van der Waals surface area contributed by atoms with Crippen LogP contribution < -0.4 is 18.9 Å². The number of hydrogen-bond donors (Lipinski definition) is 4. The zero-order valence-electron chi connectivity index (χ0n) is 28.5. The summed E-state index contributed by atoms with van der Waals surface area (Å²) in [7, 11) is 2.63. The SMILES string of the molecule is COc1ccc2c3c1OC1C(=O)C=C[C@@]4(O)[C@@H](C2)N(C)CC[C@]314.COc1ccc2c3c1OC1C(=O)C=C[C@@]4(O)[C@@H](C2)N(C)CC[C@]314.O=S(=O)(O)O. The average molecular weight is 725 g/mol. The van der Waals surface area contributed by atoms with Gasteiger partial charge in [0, 0.05) is 23.2 Å². The molecule has 2 aromatic rings. The summed E-state index contributed by atoms with van der Waals surface area (Å²) in [4.78, 5) is 29.5. The van der Waals surface area contributed by atoms with Gasteiger partial charge in [-0.1, -0.05) is 12.1 Å². The van der Waals surface area contributed by atoms with Crippen LogP contribution in [0.5, 0.6) is 23.0 Å². The van der Waals surface area contributed by atoms with Gasteiger partial charge in [-0.2, -0.15) is 8.42 Å². The highest BCUT2D eigenvalue weighted by Gasteiger charge is 2.73. The quantitative estimate of drug-likeness (QED) is 0.321.